The average molecular weight is 279 g/mol. The number of hydrogen-bond donors (Lipinski definition) is 1. The molecule has 0 aromatic carbocycles. The Morgan fingerprint density at radius 3 is 2.70 bits per heavy atom. The Kier molecular flexibility index (Phi) is 4.34. The molecular formula is C12H17N5O3. The average Bonchev–Trinajstić information content (AvgIpc) is 2.47. The zero-order valence-corrected chi connectivity index (χ0v) is 11.3. The molecule has 0 unspecified atom stereocenters. The summed E-state index contributed by atoms with van der Waals surface area (Å²) in [7, 11) is 0. The number of rotatable bonds is 4. The van der Waals surface area contributed by atoms with Gasteiger partial charge in [0.15, 0.2) is 0 Å². The van der Waals surface area contributed by atoms with Crippen LogP contribution in [-0.4, -0.2) is 60.0 Å². The minimum Gasteiger partial charge on any atom is -0.462 e. The van der Waals surface area contributed by atoms with Crippen LogP contribution in [0.5, 0.6) is 0 Å². The monoisotopic (exact) mass is 279 g/mol. The first-order chi connectivity index (χ1) is 9.65. The van der Waals surface area contributed by atoms with Gasteiger partial charge in [0.2, 0.25) is 12.4 Å². The number of anilines is 2. The van der Waals surface area contributed by atoms with Gasteiger partial charge in [-0.3, -0.25) is 4.79 Å². The summed E-state index contributed by atoms with van der Waals surface area (Å²) in [5, 5.41) is 0. The number of carbonyl (C=O) groups excluding carboxylic acids is 2. The molecule has 1 aromatic rings. The van der Waals surface area contributed by atoms with Gasteiger partial charge in [-0.1, -0.05) is 0 Å². The van der Waals surface area contributed by atoms with Crippen LogP contribution in [-0.2, 0) is 9.53 Å². The molecule has 8 nitrogen and oxygen atoms in total. The maximum atomic E-state index is 11.6. The van der Waals surface area contributed by atoms with Gasteiger partial charge in [0.1, 0.15) is 11.4 Å². The van der Waals surface area contributed by atoms with E-state index in [4.69, 9.17) is 10.5 Å². The number of nitrogen functional groups attached to an aromatic ring is 1. The molecular weight excluding hydrogens is 262 g/mol. The van der Waals surface area contributed by atoms with Crippen molar-refractivity contribution >= 4 is 24.1 Å². The summed E-state index contributed by atoms with van der Waals surface area (Å²) in [5.41, 5.74) is 5.94. The van der Waals surface area contributed by atoms with Crippen LogP contribution in [0, 0.1) is 0 Å². The van der Waals surface area contributed by atoms with Crippen LogP contribution < -0.4 is 10.6 Å². The molecule has 1 aliphatic heterocycles. The number of amides is 1. The van der Waals surface area contributed by atoms with Crippen LogP contribution in [0.4, 0.5) is 11.8 Å². The lowest BCUT2D eigenvalue weighted by atomic mass is 10.3. The number of nitrogens with zero attached hydrogens (tertiary/aromatic N) is 4. The van der Waals surface area contributed by atoms with E-state index < -0.39 is 5.97 Å². The summed E-state index contributed by atoms with van der Waals surface area (Å²) in [4.78, 5) is 34.1. The number of piperazine rings is 1. The Balaban J connectivity index is 2.09. The number of esters is 1. The molecule has 1 fully saturated rings. The second-order valence-corrected chi connectivity index (χ2v) is 4.32. The van der Waals surface area contributed by atoms with Gasteiger partial charge in [-0.25, -0.2) is 9.78 Å². The molecule has 0 bridgehead atoms. The highest BCUT2D eigenvalue weighted by Gasteiger charge is 2.20. The molecule has 0 aliphatic carbocycles. The summed E-state index contributed by atoms with van der Waals surface area (Å²) >= 11 is 0. The van der Waals surface area contributed by atoms with Crippen LogP contribution in [0.1, 0.15) is 17.3 Å². The molecule has 1 amide bonds. The molecule has 0 radical (unpaired) electrons. The SMILES string of the molecule is CCOC(=O)c1cnc(N2CCN(C=O)CC2)nc1N. The Morgan fingerprint density at radius 1 is 1.45 bits per heavy atom. The van der Waals surface area contributed by atoms with Crippen molar-refractivity contribution in [2.45, 2.75) is 6.92 Å². The predicted molar refractivity (Wildman–Crippen MR) is 72.3 cm³/mol. The number of hydrogen-bond acceptors (Lipinski definition) is 7. The molecule has 1 saturated heterocycles. The molecule has 1 aliphatic rings. The highest BCUT2D eigenvalue weighted by molar-refractivity contribution is 5.93. The zero-order valence-electron chi connectivity index (χ0n) is 11.3. The van der Waals surface area contributed by atoms with Gasteiger partial charge >= 0.3 is 5.97 Å². The van der Waals surface area contributed by atoms with E-state index >= 15 is 0 Å². The fraction of sp³-hybridized carbons (Fsp3) is 0.500. The Bertz CT molecular complexity index is 500. The van der Waals surface area contributed by atoms with Gasteiger partial charge < -0.3 is 20.3 Å². The Morgan fingerprint density at radius 2 is 2.15 bits per heavy atom. The summed E-state index contributed by atoms with van der Waals surface area (Å²) in [6.45, 7) is 4.50. The number of aromatic nitrogens is 2. The summed E-state index contributed by atoms with van der Waals surface area (Å²) in [5.74, 6) is 0.0367. The molecule has 2 rings (SSSR count). The standard InChI is InChI=1S/C12H17N5O3/c1-2-20-11(19)9-7-14-12(15-10(9)13)17-5-3-16(8-18)4-6-17/h7-8H,2-6H2,1H3,(H2,13,14,15). The smallest absolute Gasteiger partial charge is 0.343 e. The number of ether oxygens (including phenoxy) is 1. The first-order valence-electron chi connectivity index (χ1n) is 6.39. The maximum Gasteiger partial charge on any atom is 0.343 e. The largest absolute Gasteiger partial charge is 0.462 e. The quantitative estimate of drug-likeness (QED) is 0.586. The third-order valence-corrected chi connectivity index (χ3v) is 3.05. The molecule has 8 heteroatoms. The Labute approximate surface area is 116 Å². The van der Waals surface area contributed by atoms with Crippen molar-refractivity contribution in [2.75, 3.05) is 43.4 Å². The van der Waals surface area contributed by atoms with E-state index in [0.717, 1.165) is 6.41 Å². The third kappa shape index (κ3) is 2.95. The van der Waals surface area contributed by atoms with Gasteiger partial charge in [-0.2, -0.15) is 4.98 Å². The molecule has 0 atom stereocenters. The van der Waals surface area contributed by atoms with Gasteiger partial charge in [0, 0.05) is 32.4 Å². The fourth-order valence-corrected chi connectivity index (χ4v) is 1.93. The predicted octanol–water partition coefficient (Wildman–Crippen LogP) is -0.486. The van der Waals surface area contributed by atoms with E-state index in [-0.39, 0.29) is 18.0 Å². The van der Waals surface area contributed by atoms with E-state index in [2.05, 4.69) is 9.97 Å². The third-order valence-electron chi connectivity index (χ3n) is 3.05. The van der Waals surface area contributed by atoms with Crippen molar-refractivity contribution in [3.8, 4) is 0 Å². The molecule has 1 aromatic heterocycles. The summed E-state index contributed by atoms with van der Waals surface area (Å²) in [6, 6.07) is 0. The van der Waals surface area contributed by atoms with Crippen molar-refractivity contribution in [2.24, 2.45) is 0 Å². The van der Waals surface area contributed by atoms with E-state index in [0.29, 0.717) is 32.1 Å². The van der Waals surface area contributed by atoms with Crippen molar-refractivity contribution in [1.82, 2.24) is 14.9 Å². The number of nitrogens with two attached hydrogens (primary N) is 1. The van der Waals surface area contributed by atoms with Crippen molar-refractivity contribution in [3.63, 3.8) is 0 Å². The first-order valence-corrected chi connectivity index (χ1v) is 6.39. The summed E-state index contributed by atoms with van der Waals surface area (Å²) in [6.07, 6.45) is 2.21. The maximum absolute atomic E-state index is 11.6. The van der Waals surface area contributed by atoms with E-state index in [9.17, 15) is 9.59 Å². The van der Waals surface area contributed by atoms with Crippen molar-refractivity contribution in [3.05, 3.63) is 11.8 Å². The lowest BCUT2D eigenvalue weighted by Gasteiger charge is -2.32. The van der Waals surface area contributed by atoms with Crippen LogP contribution in [0.15, 0.2) is 6.20 Å². The zero-order chi connectivity index (χ0) is 14.5. The molecule has 20 heavy (non-hydrogen) atoms. The molecule has 2 N–H and O–H groups in total. The normalized spacial score (nSPS) is 15.1. The molecule has 108 valence electrons. The number of carbonyl (C=O) groups is 2. The second-order valence-electron chi connectivity index (χ2n) is 4.32. The van der Waals surface area contributed by atoms with Crippen molar-refractivity contribution in [1.29, 1.82) is 0 Å². The van der Waals surface area contributed by atoms with E-state index in [1.807, 2.05) is 4.90 Å². The van der Waals surface area contributed by atoms with Crippen molar-refractivity contribution < 1.29 is 14.3 Å². The minimum absolute atomic E-state index is 0.103. The highest BCUT2D eigenvalue weighted by Crippen LogP contribution is 2.16. The van der Waals surface area contributed by atoms with Crippen LogP contribution in [0.3, 0.4) is 0 Å². The van der Waals surface area contributed by atoms with Gasteiger partial charge in [-0.15, -0.1) is 0 Å². The highest BCUT2D eigenvalue weighted by atomic mass is 16.5. The van der Waals surface area contributed by atoms with E-state index in [1.54, 1.807) is 11.8 Å². The summed E-state index contributed by atoms with van der Waals surface area (Å²) < 4.78 is 4.86. The van der Waals surface area contributed by atoms with Gasteiger partial charge in [0.05, 0.1) is 6.61 Å². The van der Waals surface area contributed by atoms with Gasteiger partial charge in [0.25, 0.3) is 0 Å². The lowest BCUT2D eigenvalue weighted by molar-refractivity contribution is -0.118. The Hall–Kier alpha value is -2.38. The van der Waals surface area contributed by atoms with Crippen LogP contribution >= 0.6 is 0 Å². The fourth-order valence-electron chi connectivity index (χ4n) is 1.93. The topological polar surface area (TPSA) is 102 Å². The minimum atomic E-state index is -0.526. The van der Waals surface area contributed by atoms with Crippen LogP contribution in [0.2, 0.25) is 0 Å². The van der Waals surface area contributed by atoms with Gasteiger partial charge in [-0.05, 0) is 6.92 Å². The van der Waals surface area contributed by atoms with Crippen LogP contribution in [0.25, 0.3) is 0 Å². The molecule has 0 spiro atoms. The molecule has 2 heterocycles. The first kappa shape index (κ1) is 14.0. The lowest BCUT2D eigenvalue weighted by Crippen LogP contribution is -2.46. The molecule has 0 saturated carbocycles. The second kappa shape index (κ2) is 6.18. The van der Waals surface area contributed by atoms with E-state index in [1.165, 1.54) is 6.20 Å².